The first kappa shape index (κ1) is 12.8. The highest BCUT2D eigenvalue weighted by Crippen LogP contribution is 2.27. The van der Waals surface area contributed by atoms with Crippen LogP contribution in [-0.2, 0) is 14.3 Å². The number of nitrogens with zero attached hydrogens (tertiary/aromatic N) is 1. The van der Waals surface area contributed by atoms with Crippen LogP contribution in [0, 0.1) is 5.92 Å². The number of rotatable bonds is 4. The number of likely N-dealkylation sites (N-methyl/N-ethyl adjacent to an activating group) is 1. The highest BCUT2D eigenvalue weighted by Gasteiger charge is 2.42. The summed E-state index contributed by atoms with van der Waals surface area (Å²) in [6.07, 6.45) is 1.17. The van der Waals surface area contributed by atoms with E-state index in [9.17, 15) is 9.90 Å². The molecule has 0 aromatic rings. The van der Waals surface area contributed by atoms with Crippen molar-refractivity contribution in [1.29, 1.82) is 0 Å². The molecule has 2 fully saturated rings. The normalized spacial score (nSPS) is 37.8. The van der Waals surface area contributed by atoms with Gasteiger partial charge in [-0.1, -0.05) is 6.92 Å². The fraction of sp³-hybridized carbons (Fsp3) is 0.917. The van der Waals surface area contributed by atoms with Crippen molar-refractivity contribution in [2.75, 3.05) is 26.4 Å². The van der Waals surface area contributed by atoms with Gasteiger partial charge in [-0.15, -0.1) is 0 Å². The number of carboxylic acid groups (broad SMARTS) is 1. The quantitative estimate of drug-likeness (QED) is 0.783. The first-order valence-corrected chi connectivity index (χ1v) is 6.33. The van der Waals surface area contributed by atoms with Gasteiger partial charge in [-0.05, 0) is 19.9 Å². The summed E-state index contributed by atoms with van der Waals surface area (Å²) in [7, 11) is 0. The lowest BCUT2D eigenvalue weighted by molar-refractivity contribution is -0.143. The Bertz CT molecular complexity index is 284. The largest absolute Gasteiger partial charge is 0.481 e. The molecule has 0 aromatic carbocycles. The Labute approximate surface area is 102 Å². The van der Waals surface area contributed by atoms with E-state index in [0.29, 0.717) is 19.3 Å². The summed E-state index contributed by atoms with van der Waals surface area (Å²) < 4.78 is 10.9. The summed E-state index contributed by atoms with van der Waals surface area (Å²) >= 11 is 0. The molecule has 1 N–H and O–H groups in total. The van der Waals surface area contributed by atoms with Gasteiger partial charge in [0, 0.05) is 18.7 Å². The Morgan fingerprint density at radius 2 is 2.18 bits per heavy atom. The molecule has 5 heteroatoms. The molecule has 2 rings (SSSR count). The molecule has 5 nitrogen and oxygen atoms in total. The zero-order chi connectivity index (χ0) is 12.4. The lowest BCUT2D eigenvalue weighted by Gasteiger charge is -2.35. The van der Waals surface area contributed by atoms with Crippen molar-refractivity contribution in [3.05, 3.63) is 0 Å². The fourth-order valence-electron chi connectivity index (χ4n) is 2.98. The molecule has 2 heterocycles. The molecule has 17 heavy (non-hydrogen) atoms. The zero-order valence-electron chi connectivity index (χ0n) is 10.5. The van der Waals surface area contributed by atoms with Crippen LogP contribution in [0.4, 0.5) is 0 Å². The minimum Gasteiger partial charge on any atom is -0.481 e. The number of hydrogen-bond donors (Lipinski definition) is 1. The van der Waals surface area contributed by atoms with Gasteiger partial charge in [0.1, 0.15) is 0 Å². The van der Waals surface area contributed by atoms with Crippen molar-refractivity contribution in [2.45, 2.75) is 38.5 Å². The first-order valence-electron chi connectivity index (χ1n) is 6.33. The molecule has 4 atom stereocenters. The molecule has 98 valence electrons. The van der Waals surface area contributed by atoms with Crippen molar-refractivity contribution < 1.29 is 19.4 Å². The fourth-order valence-corrected chi connectivity index (χ4v) is 2.98. The highest BCUT2D eigenvalue weighted by atomic mass is 16.5. The Morgan fingerprint density at radius 3 is 2.71 bits per heavy atom. The van der Waals surface area contributed by atoms with Crippen LogP contribution in [0.5, 0.6) is 0 Å². The molecule has 2 saturated heterocycles. The van der Waals surface area contributed by atoms with Crippen LogP contribution in [0.1, 0.15) is 20.3 Å². The van der Waals surface area contributed by atoms with E-state index in [1.54, 1.807) is 0 Å². The van der Waals surface area contributed by atoms with Crippen molar-refractivity contribution >= 4 is 5.97 Å². The van der Waals surface area contributed by atoms with E-state index in [0.717, 1.165) is 19.6 Å². The lowest BCUT2D eigenvalue weighted by Crippen LogP contribution is -2.50. The summed E-state index contributed by atoms with van der Waals surface area (Å²) in [4.78, 5) is 13.4. The van der Waals surface area contributed by atoms with Crippen molar-refractivity contribution in [3.8, 4) is 0 Å². The van der Waals surface area contributed by atoms with E-state index in [2.05, 4.69) is 18.7 Å². The molecule has 4 unspecified atom stereocenters. The van der Waals surface area contributed by atoms with Crippen molar-refractivity contribution in [1.82, 2.24) is 4.90 Å². The van der Waals surface area contributed by atoms with Gasteiger partial charge in [0.2, 0.25) is 0 Å². The van der Waals surface area contributed by atoms with Gasteiger partial charge in [-0.3, -0.25) is 9.69 Å². The van der Waals surface area contributed by atoms with Crippen LogP contribution in [0.3, 0.4) is 0 Å². The number of aliphatic carboxylic acids is 1. The Balaban J connectivity index is 2.09. The molecule has 0 aliphatic carbocycles. The summed E-state index contributed by atoms with van der Waals surface area (Å²) in [6, 6.07) is 0.320. The van der Waals surface area contributed by atoms with Crippen molar-refractivity contribution in [3.63, 3.8) is 0 Å². The number of hydrogen-bond acceptors (Lipinski definition) is 4. The predicted octanol–water partition coefficient (Wildman–Crippen LogP) is 0.585. The van der Waals surface area contributed by atoms with E-state index in [4.69, 9.17) is 9.47 Å². The van der Waals surface area contributed by atoms with Gasteiger partial charge in [0.25, 0.3) is 0 Å². The maximum atomic E-state index is 11.2. The summed E-state index contributed by atoms with van der Waals surface area (Å²) in [5, 5.41) is 9.20. The average Bonchev–Trinajstić information content (AvgIpc) is 2.90. The van der Waals surface area contributed by atoms with Crippen LogP contribution in [0.25, 0.3) is 0 Å². The topological polar surface area (TPSA) is 59.0 Å². The molecule has 0 spiro atoms. The Hall–Kier alpha value is -0.650. The van der Waals surface area contributed by atoms with E-state index < -0.39 is 11.9 Å². The number of carbonyl (C=O) groups is 1. The molecule has 2 aliphatic rings. The molecule has 0 radical (unpaired) electrons. The summed E-state index contributed by atoms with van der Waals surface area (Å²) in [5.74, 6) is -1.15. The lowest BCUT2D eigenvalue weighted by atomic mass is 9.98. The van der Waals surface area contributed by atoms with E-state index >= 15 is 0 Å². The minimum atomic E-state index is -0.752. The molecule has 0 bridgehead atoms. The molecule has 0 saturated carbocycles. The monoisotopic (exact) mass is 243 g/mol. The third-order valence-electron chi connectivity index (χ3n) is 3.92. The molecule has 0 amide bonds. The van der Waals surface area contributed by atoms with Crippen LogP contribution >= 0.6 is 0 Å². The van der Waals surface area contributed by atoms with Crippen LogP contribution in [0.2, 0.25) is 0 Å². The Kier molecular flexibility index (Phi) is 4.01. The van der Waals surface area contributed by atoms with E-state index in [1.807, 2.05) is 0 Å². The van der Waals surface area contributed by atoms with Gasteiger partial charge in [-0.2, -0.15) is 0 Å². The maximum absolute atomic E-state index is 11.2. The van der Waals surface area contributed by atoms with Crippen LogP contribution in [0.15, 0.2) is 0 Å². The van der Waals surface area contributed by atoms with Gasteiger partial charge in [0.05, 0.1) is 25.2 Å². The maximum Gasteiger partial charge on any atom is 0.310 e. The number of ether oxygens (including phenoxy) is 2. The second-order valence-corrected chi connectivity index (χ2v) is 4.81. The first-order chi connectivity index (χ1) is 8.15. The van der Waals surface area contributed by atoms with Gasteiger partial charge < -0.3 is 14.6 Å². The highest BCUT2D eigenvalue weighted by molar-refractivity contribution is 5.71. The molecule has 0 aromatic heterocycles. The van der Waals surface area contributed by atoms with Gasteiger partial charge in [0.15, 0.2) is 0 Å². The average molecular weight is 243 g/mol. The second-order valence-electron chi connectivity index (χ2n) is 4.81. The minimum absolute atomic E-state index is 0.00773. The SMILES string of the molecule is CCN(C1CCOC1C)C1COCC1C(=O)O. The summed E-state index contributed by atoms with van der Waals surface area (Å²) in [5.41, 5.74) is 0. The standard InChI is InChI=1S/C12H21NO4/c1-3-13(10-4-5-17-8(10)2)11-7-16-6-9(11)12(14)15/h8-11H,3-7H2,1-2H3,(H,14,15). The van der Waals surface area contributed by atoms with Crippen LogP contribution < -0.4 is 0 Å². The van der Waals surface area contributed by atoms with Gasteiger partial charge >= 0.3 is 5.97 Å². The van der Waals surface area contributed by atoms with E-state index in [-0.39, 0.29) is 12.1 Å². The molecular formula is C12H21NO4. The van der Waals surface area contributed by atoms with Crippen LogP contribution in [-0.4, -0.2) is 60.5 Å². The number of carboxylic acids is 1. The molecular weight excluding hydrogens is 222 g/mol. The predicted molar refractivity (Wildman–Crippen MR) is 61.9 cm³/mol. The van der Waals surface area contributed by atoms with Crippen molar-refractivity contribution in [2.24, 2.45) is 5.92 Å². The third-order valence-corrected chi connectivity index (χ3v) is 3.92. The Morgan fingerprint density at radius 1 is 1.41 bits per heavy atom. The van der Waals surface area contributed by atoms with Gasteiger partial charge in [-0.25, -0.2) is 0 Å². The van der Waals surface area contributed by atoms with E-state index in [1.165, 1.54) is 0 Å². The summed E-state index contributed by atoms with van der Waals surface area (Å²) in [6.45, 7) is 6.60. The third kappa shape index (κ3) is 2.46. The smallest absolute Gasteiger partial charge is 0.310 e. The molecule has 2 aliphatic heterocycles. The zero-order valence-corrected chi connectivity index (χ0v) is 10.5. The second kappa shape index (κ2) is 5.33.